The highest BCUT2D eigenvalue weighted by atomic mass is 35.5. The highest BCUT2D eigenvalue weighted by molar-refractivity contribution is 6.35. The van der Waals surface area contributed by atoms with Crippen molar-refractivity contribution in [3.63, 3.8) is 0 Å². The number of rotatable bonds is 3. The molecule has 0 aliphatic carbocycles. The fourth-order valence-corrected chi connectivity index (χ4v) is 3.81. The van der Waals surface area contributed by atoms with Crippen molar-refractivity contribution in [1.29, 1.82) is 0 Å². The molecule has 1 saturated heterocycles. The van der Waals surface area contributed by atoms with Gasteiger partial charge >= 0.3 is 0 Å². The van der Waals surface area contributed by atoms with E-state index in [1.807, 2.05) is 23.0 Å². The first kappa shape index (κ1) is 16.6. The summed E-state index contributed by atoms with van der Waals surface area (Å²) in [6.07, 6.45) is 8.49. The van der Waals surface area contributed by atoms with Crippen molar-refractivity contribution in [3.05, 3.63) is 46.3 Å². The number of hydrogen-bond acceptors (Lipinski definition) is 4. The Morgan fingerprint density at radius 2 is 1.80 bits per heavy atom. The van der Waals surface area contributed by atoms with E-state index in [0.717, 1.165) is 35.5 Å². The first-order chi connectivity index (χ1) is 12.2. The molecule has 0 atom stereocenters. The van der Waals surface area contributed by atoms with Gasteiger partial charge in [0.2, 0.25) is 0 Å². The van der Waals surface area contributed by atoms with E-state index >= 15 is 0 Å². The molecule has 1 aliphatic heterocycles. The second-order valence-electron chi connectivity index (χ2n) is 6.37. The maximum atomic E-state index is 6.30. The van der Waals surface area contributed by atoms with E-state index in [-0.39, 0.29) is 0 Å². The summed E-state index contributed by atoms with van der Waals surface area (Å²) in [7, 11) is 0. The van der Waals surface area contributed by atoms with Crippen LogP contribution in [0.25, 0.3) is 11.0 Å². The van der Waals surface area contributed by atoms with Crippen molar-refractivity contribution in [2.24, 2.45) is 0 Å². The van der Waals surface area contributed by atoms with Crippen molar-refractivity contribution in [2.45, 2.75) is 32.2 Å². The molecular formula is C18H19Cl2N5. The minimum atomic E-state index is 0.552. The molecule has 0 spiro atoms. The lowest BCUT2D eigenvalue weighted by atomic mass is 10.2. The minimum Gasteiger partial charge on any atom is -0.356 e. The highest BCUT2D eigenvalue weighted by Crippen LogP contribution is 2.27. The number of fused-ring (bicyclic) bond motifs is 1. The standard InChI is InChI=1S/C18H19Cl2N5/c19-14-6-5-13(16(20)9-14)11-25-18-15(10-23-25)17(21-12-22-18)24-7-3-1-2-4-8-24/h5-6,9-10,12H,1-4,7-8,11H2. The van der Waals surface area contributed by atoms with Crippen LogP contribution in [-0.2, 0) is 6.54 Å². The van der Waals surface area contributed by atoms with Crippen molar-refractivity contribution >= 4 is 40.1 Å². The molecule has 0 bridgehead atoms. The smallest absolute Gasteiger partial charge is 0.163 e. The van der Waals surface area contributed by atoms with Gasteiger partial charge in [-0.05, 0) is 30.5 Å². The predicted octanol–water partition coefficient (Wildman–Crippen LogP) is 4.56. The summed E-state index contributed by atoms with van der Waals surface area (Å²) in [6, 6.07) is 5.52. The van der Waals surface area contributed by atoms with Crippen molar-refractivity contribution in [2.75, 3.05) is 18.0 Å². The van der Waals surface area contributed by atoms with Crippen LogP contribution in [0.3, 0.4) is 0 Å². The molecule has 0 amide bonds. The Labute approximate surface area is 156 Å². The third kappa shape index (κ3) is 3.44. The molecular weight excluding hydrogens is 357 g/mol. The van der Waals surface area contributed by atoms with Crippen LogP contribution in [-0.4, -0.2) is 32.8 Å². The fourth-order valence-electron chi connectivity index (χ4n) is 3.34. The lowest BCUT2D eigenvalue weighted by molar-refractivity contribution is 0.703. The number of halogens is 2. The number of hydrogen-bond donors (Lipinski definition) is 0. The van der Waals surface area contributed by atoms with E-state index < -0.39 is 0 Å². The monoisotopic (exact) mass is 375 g/mol. The Bertz CT molecular complexity index is 884. The van der Waals surface area contributed by atoms with Gasteiger partial charge in [-0.3, -0.25) is 0 Å². The summed E-state index contributed by atoms with van der Waals surface area (Å²) in [4.78, 5) is 11.4. The van der Waals surface area contributed by atoms with Crippen LogP contribution in [0.1, 0.15) is 31.2 Å². The lowest BCUT2D eigenvalue weighted by Crippen LogP contribution is -2.25. The quantitative estimate of drug-likeness (QED) is 0.672. The minimum absolute atomic E-state index is 0.552. The van der Waals surface area contributed by atoms with Crippen molar-refractivity contribution < 1.29 is 0 Å². The van der Waals surface area contributed by atoms with Gasteiger partial charge in [0.05, 0.1) is 18.1 Å². The zero-order chi connectivity index (χ0) is 17.2. The molecule has 1 aliphatic rings. The van der Waals surface area contributed by atoms with Crippen LogP contribution in [0, 0.1) is 0 Å². The van der Waals surface area contributed by atoms with Crippen LogP contribution in [0.15, 0.2) is 30.7 Å². The molecule has 25 heavy (non-hydrogen) atoms. The van der Waals surface area contributed by atoms with Crippen LogP contribution in [0.2, 0.25) is 10.0 Å². The number of nitrogens with zero attached hydrogens (tertiary/aromatic N) is 5. The van der Waals surface area contributed by atoms with Gasteiger partial charge in [0.1, 0.15) is 12.1 Å². The van der Waals surface area contributed by atoms with Crippen molar-refractivity contribution in [3.8, 4) is 0 Å². The van der Waals surface area contributed by atoms with Gasteiger partial charge in [-0.2, -0.15) is 5.10 Å². The molecule has 3 heterocycles. The Balaban J connectivity index is 1.68. The maximum absolute atomic E-state index is 6.30. The maximum Gasteiger partial charge on any atom is 0.163 e. The first-order valence-electron chi connectivity index (χ1n) is 8.58. The number of aromatic nitrogens is 4. The van der Waals surface area contributed by atoms with Crippen LogP contribution < -0.4 is 4.90 Å². The first-order valence-corrected chi connectivity index (χ1v) is 9.33. The largest absolute Gasteiger partial charge is 0.356 e. The third-order valence-corrected chi connectivity index (χ3v) is 5.24. The van der Waals surface area contributed by atoms with Crippen LogP contribution >= 0.6 is 23.2 Å². The molecule has 1 fully saturated rings. The zero-order valence-electron chi connectivity index (χ0n) is 13.8. The Morgan fingerprint density at radius 3 is 2.56 bits per heavy atom. The van der Waals surface area contributed by atoms with E-state index in [2.05, 4.69) is 20.0 Å². The van der Waals surface area contributed by atoms with Gasteiger partial charge in [0, 0.05) is 23.1 Å². The molecule has 0 unspecified atom stereocenters. The van der Waals surface area contributed by atoms with Crippen LogP contribution in [0.4, 0.5) is 5.82 Å². The highest BCUT2D eigenvalue weighted by Gasteiger charge is 2.17. The molecule has 5 nitrogen and oxygen atoms in total. The van der Waals surface area contributed by atoms with E-state index in [1.54, 1.807) is 12.4 Å². The molecule has 3 aromatic rings. The summed E-state index contributed by atoms with van der Waals surface area (Å²) in [5.74, 6) is 0.986. The summed E-state index contributed by atoms with van der Waals surface area (Å²) in [6.45, 7) is 2.64. The lowest BCUT2D eigenvalue weighted by Gasteiger charge is -2.21. The van der Waals surface area contributed by atoms with Gasteiger partial charge in [-0.15, -0.1) is 0 Å². The average molecular weight is 376 g/mol. The van der Waals surface area contributed by atoms with Crippen LogP contribution in [0.5, 0.6) is 0 Å². The molecule has 2 aromatic heterocycles. The molecule has 0 radical (unpaired) electrons. The topological polar surface area (TPSA) is 46.8 Å². The second-order valence-corrected chi connectivity index (χ2v) is 7.22. The van der Waals surface area contributed by atoms with E-state index in [9.17, 15) is 0 Å². The Hall–Kier alpha value is -1.85. The second kappa shape index (κ2) is 7.18. The van der Waals surface area contributed by atoms with Gasteiger partial charge in [0.25, 0.3) is 0 Å². The van der Waals surface area contributed by atoms with Gasteiger partial charge in [-0.1, -0.05) is 42.1 Å². The molecule has 7 heteroatoms. The summed E-state index contributed by atoms with van der Waals surface area (Å²) >= 11 is 12.3. The van der Waals surface area contributed by atoms with Crippen molar-refractivity contribution in [1.82, 2.24) is 19.7 Å². The van der Waals surface area contributed by atoms with Gasteiger partial charge < -0.3 is 4.90 Å². The van der Waals surface area contributed by atoms with E-state index in [0.29, 0.717) is 16.6 Å². The third-order valence-electron chi connectivity index (χ3n) is 4.65. The van der Waals surface area contributed by atoms with E-state index in [1.165, 1.54) is 25.7 Å². The molecule has 0 N–H and O–H groups in total. The van der Waals surface area contributed by atoms with Gasteiger partial charge in [-0.25, -0.2) is 14.6 Å². The molecule has 4 rings (SSSR count). The van der Waals surface area contributed by atoms with E-state index in [4.69, 9.17) is 23.2 Å². The summed E-state index contributed by atoms with van der Waals surface area (Å²) in [5.41, 5.74) is 1.80. The summed E-state index contributed by atoms with van der Waals surface area (Å²) in [5, 5.41) is 6.79. The average Bonchev–Trinajstić information content (AvgIpc) is 2.83. The number of benzene rings is 1. The van der Waals surface area contributed by atoms with Gasteiger partial charge in [0.15, 0.2) is 5.65 Å². The Kier molecular flexibility index (Phi) is 4.77. The number of anilines is 1. The fraction of sp³-hybridized carbons (Fsp3) is 0.389. The normalized spacial score (nSPS) is 15.5. The summed E-state index contributed by atoms with van der Waals surface area (Å²) < 4.78 is 1.87. The predicted molar refractivity (Wildman–Crippen MR) is 102 cm³/mol. The molecule has 1 aromatic carbocycles. The SMILES string of the molecule is Clc1ccc(Cn2ncc3c(N4CCCCCC4)ncnc32)c(Cl)c1. The molecule has 130 valence electrons. The Morgan fingerprint density at radius 1 is 1.00 bits per heavy atom. The molecule has 0 saturated carbocycles. The zero-order valence-corrected chi connectivity index (χ0v) is 15.3.